The topological polar surface area (TPSA) is 42.7 Å². The maximum atomic E-state index is 4.36. The van der Waals surface area contributed by atoms with Crippen LogP contribution in [0.5, 0.6) is 0 Å². The van der Waals surface area contributed by atoms with E-state index >= 15 is 0 Å². The molecule has 1 N–H and O–H groups in total. The van der Waals surface area contributed by atoms with Gasteiger partial charge in [0.25, 0.3) is 0 Å². The molecule has 0 radical (unpaired) electrons. The summed E-state index contributed by atoms with van der Waals surface area (Å²) in [5.41, 5.74) is 1.11. The lowest BCUT2D eigenvalue weighted by Crippen LogP contribution is -2.35. The van der Waals surface area contributed by atoms with Crippen LogP contribution in [0.4, 0.5) is 0 Å². The molecule has 2 heterocycles. The summed E-state index contributed by atoms with van der Waals surface area (Å²) in [4.78, 5) is 4.36. The summed E-state index contributed by atoms with van der Waals surface area (Å²) in [7, 11) is 0. The molecule has 0 unspecified atom stereocenters. The average Bonchev–Trinajstić information content (AvgIpc) is 2.98. The number of nitrogens with one attached hydrogen (secondary N) is 1. The Labute approximate surface area is 106 Å². The van der Waals surface area contributed by atoms with Crippen LogP contribution >= 0.6 is 11.3 Å². The van der Waals surface area contributed by atoms with Crippen LogP contribution in [0, 0.1) is 0 Å². The molecule has 92 valence electrons. The number of hydrogen-bond acceptors (Lipinski definition) is 4. The highest BCUT2D eigenvalue weighted by molar-refractivity contribution is 7.09. The zero-order valence-corrected chi connectivity index (χ0v) is 11.3. The summed E-state index contributed by atoms with van der Waals surface area (Å²) < 4.78 is 1.94. The Morgan fingerprint density at radius 2 is 2.29 bits per heavy atom. The fourth-order valence-electron chi connectivity index (χ4n) is 1.60. The zero-order valence-electron chi connectivity index (χ0n) is 10.5. The van der Waals surface area contributed by atoms with Gasteiger partial charge in [0.15, 0.2) is 0 Å². The van der Waals surface area contributed by atoms with Crippen LogP contribution in [-0.2, 0) is 18.6 Å². The molecule has 0 amide bonds. The Hall–Kier alpha value is -1.20. The Bertz CT molecular complexity index is 459. The van der Waals surface area contributed by atoms with Crippen molar-refractivity contribution in [3.05, 3.63) is 34.5 Å². The Balaban J connectivity index is 1.97. The van der Waals surface area contributed by atoms with Crippen molar-refractivity contribution in [1.29, 1.82) is 0 Å². The minimum Gasteiger partial charge on any atom is -0.302 e. The van der Waals surface area contributed by atoms with E-state index in [2.05, 4.69) is 42.4 Å². The highest BCUT2D eigenvalue weighted by Gasteiger charge is 2.22. The summed E-state index contributed by atoms with van der Waals surface area (Å²) in [6, 6.07) is 0. The van der Waals surface area contributed by atoms with Gasteiger partial charge in [-0.1, -0.05) is 0 Å². The van der Waals surface area contributed by atoms with Crippen LogP contribution in [0.2, 0.25) is 0 Å². The van der Waals surface area contributed by atoms with Gasteiger partial charge in [0.1, 0.15) is 5.01 Å². The molecule has 2 aromatic rings. The molecular formula is C12H18N4S. The van der Waals surface area contributed by atoms with Crippen LogP contribution in [0.3, 0.4) is 0 Å². The first-order valence-corrected chi connectivity index (χ1v) is 6.66. The van der Waals surface area contributed by atoms with E-state index in [4.69, 9.17) is 0 Å². The molecule has 17 heavy (non-hydrogen) atoms. The number of thiazole rings is 1. The first-order valence-electron chi connectivity index (χ1n) is 5.78. The Morgan fingerprint density at radius 3 is 2.88 bits per heavy atom. The molecule has 2 rings (SSSR count). The molecule has 2 aromatic heterocycles. The third-order valence-electron chi connectivity index (χ3n) is 2.71. The van der Waals surface area contributed by atoms with Gasteiger partial charge in [-0.15, -0.1) is 11.3 Å². The monoisotopic (exact) mass is 250 g/mol. The molecule has 0 atom stereocenters. The van der Waals surface area contributed by atoms with Crippen molar-refractivity contribution in [2.24, 2.45) is 0 Å². The second kappa shape index (κ2) is 4.98. The van der Waals surface area contributed by atoms with Crippen molar-refractivity contribution in [3.8, 4) is 0 Å². The summed E-state index contributed by atoms with van der Waals surface area (Å²) in [5, 5.41) is 10.9. The molecule has 0 saturated carbocycles. The predicted molar refractivity (Wildman–Crippen MR) is 69.9 cm³/mol. The normalized spacial score (nSPS) is 11.9. The second-order valence-electron chi connectivity index (χ2n) is 4.52. The van der Waals surface area contributed by atoms with E-state index in [1.165, 1.54) is 5.56 Å². The lowest BCUT2D eigenvalue weighted by Gasteiger charge is -2.23. The van der Waals surface area contributed by atoms with Gasteiger partial charge >= 0.3 is 0 Å². The minimum absolute atomic E-state index is 0.0948. The number of hydrogen-bond donors (Lipinski definition) is 1. The lowest BCUT2D eigenvalue weighted by molar-refractivity contribution is 0.399. The molecular weight excluding hydrogens is 232 g/mol. The molecule has 0 bridgehead atoms. The van der Waals surface area contributed by atoms with Gasteiger partial charge in [0, 0.05) is 36.4 Å². The number of nitrogens with zero attached hydrogens (tertiary/aromatic N) is 3. The fraction of sp³-hybridized carbons (Fsp3) is 0.500. The van der Waals surface area contributed by atoms with Crippen LogP contribution in [0.1, 0.15) is 31.3 Å². The van der Waals surface area contributed by atoms with E-state index in [0.29, 0.717) is 0 Å². The summed E-state index contributed by atoms with van der Waals surface area (Å²) in [6.07, 6.45) is 5.83. The minimum atomic E-state index is -0.0948. The van der Waals surface area contributed by atoms with Gasteiger partial charge < -0.3 is 5.32 Å². The SMILES string of the molecule is CCn1cc(CNC(C)(C)c2nccs2)cn1. The van der Waals surface area contributed by atoms with E-state index in [1.54, 1.807) is 11.3 Å². The number of rotatable bonds is 5. The Kier molecular flexibility index (Phi) is 3.59. The first-order chi connectivity index (χ1) is 8.12. The van der Waals surface area contributed by atoms with Crippen molar-refractivity contribution in [2.45, 2.75) is 39.4 Å². The molecule has 5 heteroatoms. The molecule has 0 aromatic carbocycles. The molecule has 4 nitrogen and oxygen atoms in total. The van der Waals surface area contributed by atoms with Gasteiger partial charge in [-0.05, 0) is 20.8 Å². The largest absolute Gasteiger partial charge is 0.302 e. The number of aryl methyl sites for hydroxylation is 1. The molecule has 0 aliphatic heterocycles. The molecule has 0 aliphatic carbocycles. The average molecular weight is 250 g/mol. The summed E-state index contributed by atoms with van der Waals surface area (Å²) >= 11 is 1.68. The van der Waals surface area contributed by atoms with Gasteiger partial charge in [0.2, 0.25) is 0 Å². The third-order valence-corrected chi connectivity index (χ3v) is 3.81. The van der Waals surface area contributed by atoms with E-state index in [1.807, 2.05) is 22.5 Å². The predicted octanol–water partition coefficient (Wildman–Crippen LogP) is 2.38. The maximum Gasteiger partial charge on any atom is 0.112 e. The van der Waals surface area contributed by atoms with Crippen molar-refractivity contribution >= 4 is 11.3 Å². The van der Waals surface area contributed by atoms with Gasteiger partial charge in [0.05, 0.1) is 11.7 Å². The standard InChI is InChI=1S/C12H18N4S/c1-4-16-9-10(8-15-16)7-14-12(2,3)11-13-5-6-17-11/h5-6,8-9,14H,4,7H2,1-3H3. The van der Waals surface area contributed by atoms with Crippen molar-refractivity contribution in [1.82, 2.24) is 20.1 Å². The summed E-state index contributed by atoms with van der Waals surface area (Å²) in [6.45, 7) is 8.11. The van der Waals surface area contributed by atoms with E-state index in [9.17, 15) is 0 Å². The maximum absolute atomic E-state index is 4.36. The van der Waals surface area contributed by atoms with Gasteiger partial charge in [-0.2, -0.15) is 5.10 Å². The van der Waals surface area contributed by atoms with Crippen LogP contribution in [0.15, 0.2) is 24.0 Å². The molecule has 0 fully saturated rings. The number of aromatic nitrogens is 3. The van der Waals surface area contributed by atoms with Crippen LogP contribution < -0.4 is 5.32 Å². The van der Waals surface area contributed by atoms with E-state index in [-0.39, 0.29) is 5.54 Å². The van der Waals surface area contributed by atoms with Crippen LogP contribution in [0.25, 0.3) is 0 Å². The van der Waals surface area contributed by atoms with E-state index < -0.39 is 0 Å². The highest BCUT2D eigenvalue weighted by atomic mass is 32.1. The lowest BCUT2D eigenvalue weighted by atomic mass is 10.1. The Morgan fingerprint density at radius 1 is 1.47 bits per heavy atom. The quantitative estimate of drug-likeness (QED) is 0.886. The fourth-order valence-corrected chi connectivity index (χ4v) is 2.34. The van der Waals surface area contributed by atoms with Crippen molar-refractivity contribution in [3.63, 3.8) is 0 Å². The molecule has 0 saturated heterocycles. The third kappa shape index (κ3) is 2.92. The zero-order chi connectivity index (χ0) is 12.3. The molecule has 0 spiro atoms. The molecule has 0 aliphatic rings. The van der Waals surface area contributed by atoms with Crippen LogP contribution in [-0.4, -0.2) is 14.8 Å². The second-order valence-corrected chi connectivity index (χ2v) is 5.41. The van der Waals surface area contributed by atoms with Crippen molar-refractivity contribution < 1.29 is 0 Å². The van der Waals surface area contributed by atoms with Gasteiger partial charge in [-0.25, -0.2) is 4.98 Å². The highest BCUT2D eigenvalue weighted by Crippen LogP contribution is 2.22. The first kappa shape index (κ1) is 12.3. The van der Waals surface area contributed by atoms with E-state index in [0.717, 1.165) is 18.1 Å². The van der Waals surface area contributed by atoms with Gasteiger partial charge in [-0.3, -0.25) is 4.68 Å². The smallest absolute Gasteiger partial charge is 0.112 e. The van der Waals surface area contributed by atoms with Crippen molar-refractivity contribution in [2.75, 3.05) is 0 Å². The summed E-state index contributed by atoms with van der Waals surface area (Å²) in [5.74, 6) is 0.